The molecule has 0 aliphatic rings. The molecule has 0 fully saturated rings. The Morgan fingerprint density at radius 2 is 1.04 bits per heavy atom. The Morgan fingerprint density at radius 1 is 0.373 bits per heavy atom. The first-order chi connectivity index (χ1) is 25.2. The molecule has 0 N–H and O–H groups in total. The zero-order chi connectivity index (χ0) is 33.5. The number of rotatable bonds is 4. The van der Waals surface area contributed by atoms with Crippen molar-refractivity contribution >= 4 is 75.4 Å². The predicted molar refractivity (Wildman–Crippen MR) is 209 cm³/mol. The smallest absolute Gasteiger partial charge is 0.164 e. The van der Waals surface area contributed by atoms with E-state index in [1.165, 1.54) is 25.7 Å². The van der Waals surface area contributed by atoms with Crippen LogP contribution in [0.2, 0.25) is 0 Å². The Bertz CT molecular complexity index is 3160. The number of benzene rings is 7. The molecule has 0 aliphatic heterocycles. The third-order valence-corrected chi connectivity index (χ3v) is 11.0. The molecule has 0 spiro atoms. The maximum absolute atomic E-state index is 6.48. The van der Waals surface area contributed by atoms with Crippen LogP contribution in [0.25, 0.3) is 109 Å². The summed E-state index contributed by atoms with van der Waals surface area (Å²) in [5.41, 5.74) is 8.34. The molecular formula is C45H25N3O2S. The van der Waals surface area contributed by atoms with E-state index in [1.807, 2.05) is 84.1 Å². The molecule has 51 heavy (non-hydrogen) atoms. The first kappa shape index (κ1) is 28.2. The molecule has 5 nitrogen and oxygen atoms in total. The van der Waals surface area contributed by atoms with Crippen molar-refractivity contribution < 1.29 is 8.83 Å². The van der Waals surface area contributed by atoms with Crippen LogP contribution >= 0.6 is 11.3 Å². The third-order valence-electron chi connectivity index (χ3n) is 9.76. The molecule has 0 saturated carbocycles. The van der Waals surface area contributed by atoms with Gasteiger partial charge in [-0.2, -0.15) is 0 Å². The van der Waals surface area contributed by atoms with E-state index in [-0.39, 0.29) is 0 Å². The van der Waals surface area contributed by atoms with Crippen LogP contribution in [0, 0.1) is 0 Å². The average Bonchev–Trinajstić information content (AvgIpc) is 3.88. The lowest BCUT2D eigenvalue weighted by atomic mass is 10.0. The first-order valence-corrected chi connectivity index (χ1v) is 17.7. The van der Waals surface area contributed by atoms with Crippen LogP contribution in [0.1, 0.15) is 0 Å². The van der Waals surface area contributed by atoms with E-state index in [2.05, 4.69) is 78.9 Å². The summed E-state index contributed by atoms with van der Waals surface area (Å²) >= 11 is 1.84. The van der Waals surface area contributed by atoms with E-state index in [0.29, 0.717) is 17.5 Å². The Balaban J connectivity index is 1.07. The fraction of sp³-hybridized carbons (Fsp3) is 0. The summed E-state index contributed by atoms with van der Waals surface area (Å²) in [7, 11) is 0. The van der Waals surface area contributed by atoms with Gasteiger partial charge in [0.1, 0.15) is 22.3 Å². The van der Waals surface area contributed by atoms with Gasteiger partial charge in [-0.25, -0.2) is 15.0 Å². The number of nitrogens with zero attached hydrogens (tertiary/aromatic N) is 3. The number of hydrogen-bond acceptors (Lipinski definition) is 6. The van der Waals surface area contributed by atoms with E-state index >= 15 is 0 Å². The fourth-order valence-electron chi connectivity index (χ4n) is 7.36. The maximum Gasteiger partial charge on any atom is 0.164 e. The zero-order valence-corrected chi connectivity index (χ0v) is 27.8. The largest absolute Gasteiger partial charge is 0.456 e. The second kappa shape index (κ2) is 10.9. The van der Waals surface area contributed by atoms with Gasteiger partial charge in [0.15, 0.2) is 17.5 Å². The number of hydrogen-bond donors (Lipinski definition) is 0. The minimum Gasteiger partial charge on any atom is -0.456 e. The standard InChI is InChI=1S/C45H25N3O2S/c1-2-10-26(11-3-1)43-46-44(48-45(47-43)34-16-9-18-38-41(34)33-13-4-6-17-36(33)49-38)28-21-23-37-35(24-28)30-22-20-27(25-39(30)50-37)29-14-8-15-32-31-12-5-7-19-40(31)51-42(29)32/h1-25H. The van der Waals surface area contributed by atoms with E-state index < -0.39 is 0 Å². The highest BCUT2D eigenvalue weighted by molar-refractivity contribution is 7.26. The quantitative estimate of drug-likeness (QED) is 0.186. The zero-order valence-electron chi connectivity index (χ0n) is 27.0. The van der Waals surface area contributed by atoms with Crippen LogP contribution in [0.3, 0.4) is 0 Å². The average molecular weight is 672 g/mol. The molecule has 4 aromatic heterocycles. The number of para-hydroxylation sites is 1. The number of furan rings is 2. The summed E-state index contributed by atoms with van der Waals surface area (Å²) in [5.74, 6) is 1.79. The van der Waals surface area contributed by atoms with Crippen molar-refractivity contribution in [2.75, 3.05) is 0 Å². The van der Waals surface area contributed by atoms with Gasteiger partial charge in [-0.1, -0.05) is 103 Å². The van der Waals surface area contributed by atoms with Gasteiger partial charge >= 0.3 is 0 Å². The topological polar surface area (TPSA) is 65.0 Å². The fourth-order valence-corrected chi connectivity index (χ4v) is 8.60. The summed E-state index contributed by atoms with van der Waals surface area (Å²) in [6.45, 7) is 0. The predicted octanol–water partition coefficient (Wildman–Crippen LogP) is 12.7. The van der Waals surface area contributed by atoms with Crippen molar-refractivity contribution in [2.45, 2.75) is 0 Å². The van der Waals surface area contributed by atoms with Gasteiger partial charge in [-0.3, -0.25) is 0 Å². The van der Waals surface area contributed by atoms with Crippen LogP contribution in [-0.4, -0.2) is 15.0 Å². The summed E-state index contributed by atoms with van der Waals surface area (Å²) in [5, 5.41) is 6.66. The van der Waals surface area contributed by atoms with Crippen molar-refractivity contribution in [3.63, 3.8) is 0 Å². The molecule has 11 rings (SSSR count). The molecule has 0 amide bonds. The summed E-state index contributed by atoms with van der Waals surface area (Å²) < 4.78 is 15.3. The van der Waals surface area contributed by atoms with Gasteiger partial charge in [-0.05, 0) is 59.7 Å². The van der Waals surface area contributed by atoms with Crippen LogP contribution in [0.4, 0.5) is 0 Å². The Labute approximate surface area is 295 Å². The number of fused-ring (bicyclic) bond motifs is 9. The molecule has 7 aromatic carbocycles. The van der Waals surface area contributed by atoms with Crippen molar-refractivity contribution in [1.29, 1.82) is 0 Å². The molecule has 6 heteroatoms. The van der Waals surface area contributed by atoms with Gasteiger partial charge in [0.2, 0.25) is 0 Å². The second-order valence-corrected chi connectivity index (χ2v) is 13.8. The van der Waals surface area contributed by atoms with Gasteiger partial charge in [-0.15, -0.1) is 11.3 Å². The Hall–Kier alpha value is -6.63. The maximum atomic E-state index is 6.48. The second-order valence-electron chi connectivity index (χ2n) is 12.8. The summed E-state index contributed by atoms with van der Waals surface area (Å²) in [6.07, 6.45) is 0. The van der Waals surface area contributed by atoms with E-state index in [4.69, 9.17) is 23.8 Å². The van der Waals surface area contributed by atoms with Crippen molar-refractivity contribution in [2.24, 2.45) is 0 Å². The summed E-state index contributed by atoms with van der Waals surface area (Å²) in [4.78, 5) is 15.2. The van der Waals surface area contributed by atoms with Crippen LogP contribution < -0.4 is 0 Å². The molecule has 0 bridgehead atoms. The van der Waals surface area contributed by atoms with Crippen LogP contribution in [-0.2, 0) is 0 Å². The van der Waals surface area contributed by atoms with Crippen LogP contribution in [0.15, 0.2) is 160 Å². The highest BCUT2D eigenvalue weighted by atomic mass is 32.1. The monoisotopic (exact) mass is 671 g/mol. The molecule has 11 aromatic rings. The number of aromatic nitrogens is 3. The van der Waals surface area contributed by atoms with Gasteiger partial charge in [0.25, 0.3) is 0 Å². The Morgan fingerprint density at radius 3 is 1.96 bits per heavy atom. The molecular weight excluding hydrogens is 647 g/mol. The van der Waals surface area contributed by atoms with Crippen LogP contribution in [0.5, 0.6) is 0 Å². The Kier molecular flexibility index (Phi) is 6.05. The molecule has 0 aliphatic carbocycles. The lowest BCUT2D eigenvalue weighted by molar-refractivity contribution is 0.668. The van der Waals surface area contributed by atoms with E-state index in [9.17, 15) is 0 Å². The normalized spacial score (nSPS) is 11.9. The molecule has 4 heterocycles. The van der Waals surface area contributed by atoms with Crippen molar-refractivity contribution in [3.8, 4) is 45.3 Å². The van der Waals surface area contributed by atoms with E-state index in [1.54, 1.807) is 0 Å². The lowest BCUT2D eigenvalue weighted by Crippen LogP contribution is -2.00. The molecule has 0 radical (unpaired) electrons. The minimum absolute atomic E-state index is 0.591. The molecule has 0 saturated heterocycles. The lowest BCUT2D eigenvalue weighted by Gasteiger charge is -2.09. The highest BCUT2D eigenvalue weighted by Crippen LogP contribution is 2.42. The first-order valence-electron chi connectivity index (χ1n) is 16.8. The SMILES string of the molecule is c1ccc(-c2nc(-c3ccc4oc5cc(-c6cccc7c6sc6ccccc67)ccc5c4c3)nc(-c3cccc4oc5ccccc5c34)n2)cc1. The number of thiophene rings is 1. The molecule has 0 unspecified atom stereocenters. The van der Waals surface area contributed by atoms with Crippen molar-refractivity contribution in [3.05, 3.63) is 152 Å². The third kappa shape index (κ3) is 4.43. The van der Waals surface area contributed by atoms with Gasteiger partial charge in [0.05, 0.1) is 0 Å². The minimum atomic E-state index is 0.591. The van der Waals surface area contributed by atoms with E-state index in [0.717, 1.165) is 66.1 Å². The van der Waals surface area contributed by atoms with Gasteiger partial charge < -0.3 is 8.83 Å². The molecule has 0 atom stereocenters. The molecule has 238 valence electrons. The summed E-state index contributed by atoms with van der Waals surface area (Å²) in [6, 6.07) is 52.1. The van der Waals surface area contributed by atoms with Gasteiger partial charge in [0, 0.05) is 58.4 Å². The highest BCUT2D eigenvalue weighted by Gasteiger charge is 2.19. The van der Waals surface area contributed by atoms with Crippen molar-refractivity contribution in [1.82, 2.24) is 15.0 Å².